The van der Waals surface area contributed by atoms with Crippen LogP contribution in [0.2, 0.25) is 10.0 Å². The van der Waals surface area contributed by atoms with Gasteiger partial charge in [-0.1, -0.05) is 41.4 Å². The van der Waals surface area contributed by atoms with Gasteiger partial charge in [-0.05, 0) is 80.9 Å². The van der Waals surface area contributed by atoms with Crippen molar-refractivity contribution in [2.24, 2.45) is 5.92 Å². The van der Waals surface area contributed by atoms with Crippen molar-refractivity contribution in [1.82, 2.24) is 9.80 Å². The van der Waals surface area contributed by atoms with Gasteiger partial charge in [-0.2, -0.15) is 0 Å². The third-order valence-electron chi connectivity index (χ3n) is 7.61. The van der Waals surface area contributed by atoms with Gasteiger partial charge in [0.05, 0.1) is 12.1 Å². The number of hydrogen-bond donors (Lipinski definition) is 1. The van der Waals surface area contributed by atoms with Crippen molar-refractivity contribution in [3.05, 3.63) is 57.6 Å². The number of halogens is 2. The molecule has 0 spiro atoms. The van der Waals surface area contributed by atoms with E-state index in [0.29, 0.717) is 28.1 Å². The zero-order chi connectivity index (χ0) is 25.7. The van der Waals surface area contributed by atoms with Crippen LogP contribution >= 0.6 is 23.2 Å². The van der Waals surface area contributed by atoms with Crippen molar-refractivity contribution in [3.63, 3.8) is 0 Å². The highest BCUT2D eigenvalue weighted by atomic mass is 35.5. The van der Waals surface area contributed by atoms with Gasteiger partial charge in [0, 0.05) is 31.1 Å². The second-order valence-corrected chi connectivity index (χ2v) is 10.7. The second-order valence-electron chi connectivity index (χ2n) is 9.95. The van der Waals surface area contributed by atoms with Crippen LogP contribution in [0.15, 0.2) is 36.4 Å². The average molecular weight is 536 g/mol. The van der Waals surface area contributed by atoms with Crippen LogP contribution in [0.3, 0.4) is 0 Å². The van der Waals surface area contributed by atoms with Crippen molar-refractivity contribution in [3.8, 4) is 11.5 Å². The van der Waals surface area contributed by atoms with Gasteiger partial charge < -0.3 is 19.5 Å². The van der Waals surface area contributed by atoms with Crippen molar-refractivity contribution in [2.45, 2.75) is 51.2 Å². The van der Waals surface area contributed by atoms with Gasteiger partial charge in [-0.3, -0.25) is 9.69 Å². The second kappa shape index (κ2) is 12.5. The predicted octanol–water partition coefficient (Wildman–Crippen LogP) is 5.56. The quantitative estimate of drug-likeness (QED) is 0.454. The molecule has 36 heavy (non-hydrogen) atoms. The molecule has 4 rings (SSSR count). The molecule has 0 aromatic heterocycles. The molecule has 2 aliphatic rings. The summed E-state index contributed by atoms with van der Waals surface area (Å²) in [6, 6.07) is 10.9. The van der Waals surface area contributed by atoms with E-state index in [0.717, 1.165) is 75.3 Å². The summed E-state index contributed by atoms with van der Waals surface area (Å²) in [5, 5.41) is 11.2. The minimum Gasteiger partial charge on any atom is -0.496 e. The Bertz CT molecular complexity index is 1030. The molecule has 6 nitrogen and oxygen atoms in total. The highest BCUT2D eigenvalue weighted by Gasteiger charge is 2.32. The summed E-state index contributed by atoms with van der Waals surface area (Å²) in [6.45, 7) is 6.59. The van der Waals surface area contributed by atoms with Crippen LogP contribution in [0.1, 0.15) is 36.8 Å². The summed E-state index contributed by atoms with van der Waals surface area (Å²) in [6.07, 6.45) is 4.59. The number of hydrogen-bond acceptors (Lipinski definition) is 5. The molecule has 1 atom stereocenters. The Morgan fingerprint density at radius 1 is 1.03 bits per heavy atom. The summed E-state index contributed by atoms with van der Waals surface area (Å²) < 4.78 is 11.6. The number of nitrogens with zero attached hydrogens (tertiary/aromatic N) is 2. The minimum absolute atomic E-state index is 0.160. The lowest BCUT2D eigenvalue weighted by molar-refractivity contribution is -0.144. The fraction of sp³-hybridized carbons (Fsp3) is 0.536. The summed E-state index contributed by atoms with van der Waals surface area (Å²) in [5.74, 6) is 1.29. The number of ether oxygens (including phenoxy) is 2. The standard InChI is InChI=1S/C28H36Cl2N2O4/c1-19-23(29)7-8-26(27(19)30)36-22-11-13-31(14-12-22)18-20-9-15-32(16-10-20)24(28(33)34)17-21-5-3-4-6-25(21)35-2/h3-8,20,22,24H,9-18H2,1-2H3,(H,33,34)/t24-/m0/s1. The van der Waals surface area contributed by atoms with E-state index in [1.165, 1.54) is 0 Å². The highest BCUT2D eigenvalue weighted by molar-refractivity contribution is 6.36. The Morgan fingerprint density at radius 3 is 2.39 bits per heavy atom. The molecule has 2 heterocycles. The molecule has 2 fully saturated rings. The molecule has 2 aromatic carbocycles. The van der Waals surface area contributed by atoms with Crippen LogP contribution < -0.4 is 9.47 Å². The molecule has 1 N–H and O–H groups in total. The molecule has 0 amide bonds. The van der Waals surface area contributed by atoms with E-state index in [4.69, 9.17) is 32.7 Å². The fourth-order valence-corrected chi connectivity index (χ4v) is 5.80. The number of aliphatic carboxylic acids is 1. The van der Waals surface area contributed by atoms with E-state index in [1.807, 2.05) is 43.3 Å². The maximum atomic E-state index is 12.1. The van der Waals surface area contributed by atoms with Crippen LogP contribution in [-0.4, -0.2) is 72.9 Å². The predicted molar refractivity (Wildman–Crippen MR) is 144 cm³/mol. The third-order valence-corrected chi connectivity index (χ3v) is 8.49. The number of carboxylic acids is 1. The summed E-state index contributed by atoms with van der Waals surface area (Å²) in [5.41, 5.74) is 1.79. The van der Waals surface area contributed by atoms with E-state index in [-0.39, 0.29) is 6.10 Å². The van der Waals surface area contributed by atoms with E-state index < -0.39 is 12.0 Å². The van der Waals surface area contributed by atoms with Crippen LogP contribution in [0.5, 0.6) is 11.5 Å². The average Bonchev–Trinajstić information content (AvgIpc) is 2.89. The molecule has 196 valence electrons. The number of para-hydroxylation sites is 1. The third kappa shape index (κ3) is 6.65. The van der Waals surface area contributed by atoms with Crippen molar-refractivity contribution in [1.29, 1.82) is 0 Å². The zero-order valence-electron chi connectivity index (χ0n) is 21.1. The first kappa shape index (κ1) is 27.1. The fourth-order valence-electron chi connectivity index (χ4n) is 5.38. The van der Waals surface area contributed by atoms with Crippen LogP contribution in [0.25, 0.3) is 0 Å². The summed E-state index contributed by atoms with van der Waals surface area (Å²) in [4.78, 5) is 16.8. The molecule has 2 saturated heterocycles. The number of likely N-dealkylation sites (tertiary alicyclic amines) is 2. The lowest BCUT2D eigenvalue weighted by Gasteiger charge is -2.39. The zero-order valence-corrected chi connectivity index (χ0v) is 22.6. The lowest BCUT2D eigenvalue weighted by Crippen LogP contribution is -2.48. The van der Waals surface area contributed by atoms with E-state index in [2.05, 4.69) is 9.80 Å². The monoisotopic (exact) mass is 534 g/mol. The van der Waals surface area contributed by atoms with Gasteiger partial charge in [0.2, 0.25) is 0 Å². The number of rotatable bonds is 9. The first-order valence-electron chi connectivity index (χ1n) is 12.8. The Kier molecular flexibility index (Phi) is 9.40. The number of carbonyl (C=O) groups is 1. The molecule has 0 radical (unpaired) electrons. The molecular weight excluding hydrogens is 499 g/mol. The van der Waals surface area contributed by atoms with Gasteiger partial charge in [0.25, 0.3) is 0 Å². The van der Waals surface area contributed by atoms with Crippen molar-refractivity contribution < 1.29 is 19.4 Å². The molecule has 0 saturated carbocycles. The molecule has 0 unspecified atom stereocenters. The minimum atomic E-state index is -0.766. The SMILES string of the molecule is COc1ccccc1C[C@@H](C(=O)O)N1CCC(CN2CCC(Oc3ccc(Cl)c(C)c3Cl)CC2)CC1. The van der Waals surface area contributed by atoms with Crippen molar-refractivity contribution >= 4 is 29.2 Å². The van der Waals surface area contributed by atoms with E-state index >= 15 is 0 Å². The van der Waals surface area contributed by atoms with Crippen LogP contribution in [-0.2, 0) is 11.2 Å². The Balaban J connectivity index is 1.23. The topological polar surface area (TPSA) is 62.2 Å². The Morgan fingerprint density at radius 2 is 1.72 bits per heavy atom. The molecule has 2 aromatic rings. The summed E-state index contributed by atoms with van der Waals surface area (Å²) in [7, 11) is 1.63. The number of piperidine rings is 2. The Labute approximate surface area is 224 Å². The number of methoxy groups -OCH3 is 1. The smallest absolute Gasteiger partial charge is 0.321 e. The van der Waals surface area contributed by atoms with Gasteiger partial charge in [0.15, 0.2) is 0 Å². The van der Waals surface area contributed by atoms with Crippen LogP contribution in [0, 0.1) is 12.8 Å². The highest BCUT2D eigenvalue weighted by Crippen LogP contribution is 2.34. The van der Waals surface area contributed by atoms with Crippen molar-refractivity contribution in [2.75, 3.05) is 39.8 Å². The molecule has 0 aliphatic carbocycles. The largest absolute Gasteiger partial charge is 0.496 e. The maximum absolute atomic E-state index is 12.1. The number of carboxylic acid groups (broad SMARTS) is 1. The maximum Gasteiger partial charge on any atom is 0.321 e. The first-order valence-corrected chi connectivity index (χ1v) is 13.5. The number of benzene rings is 2. The Hall–Kier alpha value is -1.99. The van der Waals surface area contributed by atoms with E-state index in [9.17, 15) is 9.90 Å². The molecule has 8 heteroatoms. The molecular formula is C28H36Cl2N2O4. The molecule has 0 bridgehead atoms. The van der Waals surface area contributed by atoms with Gasteiger partial charge in [0.1, 0.15) is 23.6 Å². The first-order chi connectivity index (χ1) is 17.4. The van der Waals surface area contributed by atoms with Gasteiger partial charge >= 0.3 is 5.97 Å². The van der Waals surface area contributed by atoms with Crippen LogP contribution in [0.4, 0.5) is 0 Å². The molecule has 2 aliphatic heterocycles. The lowest BCUT2D eigenvalue weighted by atomic mass is 9.93. The summed E-state index contributed by atoms with van der Waals surface area (Å²) >= 11 is 12.6. The van der Waals surface area contributed by atoms with Gasteiger partial charge in [-0.25, -0.2) is 0 Å². The van der Waals surface area contributed by atoms with Gasteiger partial charge in [-0.15, -0.1) is 0 Å². The normalized spacial score (nSPS) is 19.2. The van der Waals surface area contributed by atoms with E-state index in [1.54, 1.807) is 7.11 Å².